The molecule has 2 aromatic carbocycles. The van der Waals surface area contributed by atoms with Gasteiger partial charge in [0.05, 0.1) is 40.2 Å². The van der Waals surface area contributed by atoms with Crippen LogP contribution in [0.2, 0.25) is 5.02 Å². The number of aromatic nitrogens is 3. The summed E-state index contributed by atoms with van der Waals surface area (Å²) in [4.78, 5) is 23.3. The maximum Gasteiger partial charge on any atom is 0.270 e. The number of fused-ring (bicyclic) bond motifs is 4. The summed E-state index contributed by atoms with van der Waals surface area (Å²) in [6.07, 6.45) is 3.18. The molecule has 7 nitrogen and oxygen atoms in total. The zero-order valence-electron chi connectivity index (χ0n) is 17.1. The largest absolute Gasteiger partial charge is 0.491 e. The number of likely N-dealkylation sites (N-methyl/N-ethyl adjacent to an activating group) is 1. The van der Waals surface area contributed by atoms with Gasteiger partial charge in [0.1, 0.15) is 23.7 Å². The first-order valence-electron chi connectivity index (χ1n) is 9.78. The first kappa shape index (κ1) is 20.4. The predicted molar refractivity (Wildman–Crippen MR) is 116 cm³/mol. The van der Waals surface area contributed by atoms with Crippen molar-refractivity contribution >= 4 is 39.9 Å². The van der Waals surface area contributed by atoms with E-state index in [0.29, 0.717) is 33.7 Å². The van der Waals surface area contributed by atoms with Crippen molar-refractivity contribution in [3.8, 4) is 5.75 Å². The molecule has 0 saturated carbocycles. The molecule has 1 atom stereocenters. The Kier molecular flexibility index (Phi) is 4.49. The van der Waals surface area contributed by atoms with E-state index in [1.807, 2.05) is 0 Å². The van der Waals surface area contributed by atoms with Crippen molar-refractivity contribution in [1.82, 2.24) is 19.3 Å². The van der Waals surface area contributed by atoms with Gasteiger partial charge in [-0.2, -0.15) is 0 Å². The summed E-state index contributed by atoms with van der Waals surface area (Å²) in [7, 11) is 1.63. The standard InChI is InChI=1S/C22H18ClF2N5O2/c1-22(24,25)11-3-4-12-18(9-32-19(12)5-11)29(2)21(31)13-6-16-15(7-14(13)23)28-20(26)17-8-27-10-30(16)17/h3-8,10,18H,9H2,1-2H3,(H2,26,28)/t18-/m1/s1. The van der Waals surface area contributed by atoms with Gasteiger partial charge < -0.3 is 15.4 Å². The van der Waals surface area contributed by atoms with E-state index in [-0.39, 0.29) is 28.7 Å². The monoisotopic (exact) mass is 457 g/mol. The topological polar surface area (TPSA) is 85.8 Å². The van der Waals surface area contributed by atoms with Crippen LogP contribution in [0.15, 0.2) is 42.9 Å². The molecule has 2 aromatic heterocycles. The average molecular weight is 458 g/mol. The number of nitrogens with zero attached hydrogens (tertiary/aromatic N) is 4. The Morgan fingerprint density at radius 1 is 1.31 bits per heavy atom. The molecule has 0 saturated heterocycles. The third-order valence-electron chi connectivity index (χ3n) is 5.76. The Balaban J connectivity index is 1.53. The normalized spacial score (nSPS) is 15.7. The van der Waals surface area contributed by atoms with E-state index in [1.54, 1.807) is 42.2 Å². The number of benzene rings is 2. The van der Waals surface area contributed by atoms with E-state index < -0.39 is 12.0 Å². The molecule has 164 valence electrons. The number of imidazole rings is 1. The molecule has 0 spiro atoms. The Morgan fingerprint density at radius 3 is 2.84 bits per heavy atom. The molecule has 1 aliphatic rings. The summed E-state index contributed by atoms with van der Waals surface area (Å²) in [5.41, 5.74) is 8.55. The summed E-state index contributed by atoms with van der Waals surface area (Å²) < 4.78 is 34.7. The molecule has 4 aromatic rings. The van der Waals surface area contributed by atoms with Gasteiger partial charge in [-0.25, -0.2) is 18.7 Å². The molecule has 10 heteroatoms. The van der Waals surface area contributed by atoms with Gasteiger partial charge in [0, 0.05) is 25.1 Å². The second-order valence-corrected chi connectivity index (χ2v) is 8.26. The SMILES string of the molecule is CN(C(=O)c1cc2c(cc1Cl)nc(N)c1cncn12)[C@@H]1COc2cc(C(C)(F)F)ccc21. The number of anilines is 1. The summed E-state index contributed by atoms with van der Waals surface area (Å²) >= 11 is 6.43. The lowest BCUT2D eigenvalue weighted by atomic mass is 10.0. The van der Waals surface area contributed by atoms with Gasteiger partial charge in [0.25, 0.3) is 11.8 Å². The summed E-state index contributed by atoms with van der Waals surface area (Å²) in [6.45, 7) is 0.990. The van der Waals surface area contributed by atoms with E-state index in [9.17, 15) is 13.6 Å². The van der Waals surface area contributed by atoms with Gasteiger partial charge in [-0.1, -0.05) is 23.7 Å². The van der Waals surface area contributed by atoms with Crippen LogP contribution in [0.1, 0.15) is 34.5 Å². The second kappa shape index (κ2) is 7.03. The fourth-order valence-corrected chi connectivity index (χ4v) is 4.22. The van der Waals surface area contributed by atoms with Crippen LogP contribution in [0.25, 0.3) is 16.6 Å². The highest BCUT2D eigenvalue weighted by atomic mass is 35.5. The third kappa shape index (κ3) is 3.12. The predicted octanol–water partition coefficient (Wildman–Crippen LogP) is 4.44. The molecular formula is C22H18ClF2N5O2. The van der Waals surface area contributed by atoms with E-state index in [0.717, 1.165) is 6.92 Å². The fourth-order valence-electron chi connectivity index (χ4n) is 3.98. The molecule has 0 unspecified atom stereocenters. The lowest BCUT2D eigenvalue weighted by Crippen LogP contribution is -2.32. The van der Waals surface area contributed by atoms with Crippen LogP contribution in [0.3, 0.4) is 0 Å². The number of rotatable bonds is 3. The number of alkyl halides is 2. The average Bonchev–Trinajstić information content (AvgIpc) is 3.39. The highest BCUT2D eigenvalue weighted by Gasteiger charge is 2.34. The molecule has 32 heavy (non-hydrogen) atoms. The van der Waals surface area contributed by atoms with Gasteiger partial charge in [-0.15, -0.1) is 0 Å². The summed E-state index contributed by atoms with van der Waals surface area (Å²) in [5.74, 6) is -2.67. The lowest BCUT2D eigenvalue weighted by molar-refractivity contribution is 0.0172. The number of carbonyl (C=O) groups excluding carboxylic acids is 1. The maximum atomic E-state index is 13.7. The van der Waals surface area contributed by atoms with Crippen molar-refractivity contribution in [2.24, 2.45) is 0 Å². The number of hydrogen-bond acceptors (Lipinski definition) is 5. The van der Waals surface area contributed by atoms with Crippen LogP contribution in [0, 0.1) is 0 Å². The highest BCUT2D eigenvalue weighted by Crippen LogP contribution is 2.40. The molecule has 0 bridgehead atoms. The minimum absolute atomic E-state index is 0.139. The van der Waals surface area contributed by atoms with Gasteiger partial charge in [0.15, 0.2) is 0 Å². The zero-order valence-corrected chi connectivity index (χ0v) is 17.9. The Labute approximate surface area is 186 Å². The van der Waals surface area contributed by atoms with Crippen LogP contribution >= 0.6 is 11.6 Å². The van der Waals surface area contributed by atoms with Crippen LogP contribution in [0.5, 0.6) is 5.75 Å². The maximum absolute atomic E-state index is 13.7. The van der Waals surface area contributed by atoms with Crippen LogP contribution in [-0.2, 0) is 5.92 Å². The minimum Gasteiger partial charge on any atom is -0.491 e. The minimum atomic E-state index is -2.98. The van der Waals surface area contributed by atoms with Crippen LogP contribution < -0.4 is 10.5 Å². The second-order valence-electron chi connectivity index (χ2n) is 7.85. The van der Waals surface area contributed by atoms with Crippen molar-refractivity contribution in [3.63, 3.8) is 0 Å². The van der Waals surface area contributed by atoms with Crippen molar-refractivity contribution in [2.75, 3.05) is 19.4 Å². The molecule has 0 aliphatic carbocycles. The molecule has 1 amide bonds. The van der Waals surface area contributed by atoms with Gasteiger partial charge in [-0.3, -0.25) is 9.20 Å². The number of hydrogen-bond donors (Lipinski definition) is 1. The summed E-state index contributed by atoms with van der Waals surface area (Å²) in [6, 6.07) is 7.04. The first-order valence-corrected chi connectivity index (χ1v) is 10.2. The molecule has 0 radical (unpaired) electrons. The van der Waals surface area contributed by atoms with Gasteiger partial charge in [-0.05, 0) is 18.2 Å². The Morgan fingerprint density at radius 2 is 2.09 bits per heavy atom. The Bertz CT molecular complexity index is 1400. The van der Waals surface area contributed by atoms with E-state index >= 15 is 0 Å². The van der Waals surface area contributed by atoms with Crippen LogP contribution in [0.4, 0.5) is 14.6 Å². The van der Waals surface area contributed by atoms with Gasteiger partial charge in [0.2, 0.25) is 0 Å². The van der Waals surface area contributed by atoms with Gasteiger partial charge >= 0.3 is 0 Å². The van der Waals surface area contributed by atoms with E-state index in [2.05, 4.69) is 9.97 Å². The smallest absolute Gasteiger partial charge is 0.270 e. The fraction of sp³-hybridized carbons (Fsp3) is 0.227. The van der Waals surface area contributed by atoms with E-state index in [1.165, 1.54) is 17.0 Å². The van der Waals surface area contributed by atoms with Crippen LogP contribution in [-0.4, -0.2) is 38.8 Å². The lowest BCUT2D eigenvalue weighted by Gasteiger charge is -2.24. The first-order chi connectivity index (χ1) is 15.1. The molecule has 1 aliphatic heterocycles. The molecule has 0 fully saturated rings. The van der Waals surface area contributed by atoms with E-state index in [4.69, 9.17) is 22.1 Å². The Hall–Kier alpha value is -3.46. The van der Waals surface area contributed by atoms with Crippen molar-refractivity contribution < 1.29 is 18.3 Å². The van der Waals surface area contributed by atoms with Crippen molar-refractivity contribution in [1.29, 1.82) is 0 Å². The molecule has 2 N–H and O–H groups in total. The quantitative estimate of drug-likeness (QED) is 0.491. The number of halogens is 3. The number of nitrogen functional groups attached to an aromatic ring is 1. The number of nitrogens with two attached hydrogens (primary N) is 1. The van der Waals surface area contributed by atoms with Crippen molar-refractivity contribution in [3.05, 3.63) is 64.6 Å². The molecule has 3 heterocycles. The molecule has 5 rings (SSSR count). The third-order valence-corrected chi connectivity index (χ3v) is 6.07. The molecular weight excluding hydrogens is 440 g/mol. The summed E-state index contributed by atoms with van der Waals surface area (Å²) in [5, 5.41) is 0.223. The number of ether oxygens (including phenoxy) is 1. The number of carbonyl (C=O) groups is 1. The van der Waals surface area contributed by atoms with Crippen molar-refractivity contribution in [2.45, 2.75) is 18.9 Å². The number of amides is 1. The zero-order chi connectivity index (χ0) is 22.8. The highest BCUT2D eigenvalue weighted by molar-refractivity contribution is 6.34.